The molecule has 0 aromatic heterocycles. The van der Waals surface area contributed by atoms with Crippen molar-refractivity contribution >= 4 is 0 Å². The molecular formula is C9H17. The average molecular weight is 125 g/mol. The molecule has 0 saturated heterocycles. The fourth-order valence-electron chi connectivity index (χ4n) is 0.860. The van der Waals surface area contributed by atoms with Gasteiger partial charge in [-0.25, -0.2) is 0 Å². The predicted octanol–water partition coefficient (Wildman–Crippen LogP) is 3.20. The van der Waals surface area contributed by atoms with Crippen molar-refractivity contribution in [3.63, 3.8) is 0 Å². The summed E-state index contributed by atoms with van der Waals surface area (Å²) in [7, 11) is 0. The van der Waals surface area contributed by atoms with E-state index in [1.54, 1.807) is 0 Å². The minimum Gasteiger partial charge on any atom is -0.103 e. The molecule has 0 nitrogen and oxygen atoms in total. The predicted molar refractivity (Wildman–Crippen MR) is 43.2 cm³/mol. The van der Waals surface area contributed by atoms with Crippen molar-refractivity contribution in [2.24, 2.45) is 5.92 Å². The number of hydrogen-bond donors (Lipinski definition) is 0. The van der Waals surface area contributed by atoms with Crippen molar-refractivity contribution in [2.75, 3.05) is 0 Å². The van der Waals surface area contributed by atoms with Crippen LogP contribution in [0, 0.1) is 12.3 Å². The summed E-state index contributed by atoms with van der Waals surface area (Å²) in [5.74, 6) is 0.643. The minimum atomic E-state index is 0.643. The molecule has 0 heteroatoms. The Morgan fingerprint density at radius 1 is 1.56 bits per heavy atom. The topological polar surface area (TPSA) is 0 Å². The van der Waals surface area contributed by atoms with Gasteiger partial charge in [0, 0.05) is 0 Å². The molecule has 0 spiro atoms. The lowest BCUT2D eigenvalue weighted by atomic mass is 10.00. The molecule has 0 heterocycles. The van der Waals surface area contributed by atoms with Crippen LogP contribution in [0.3, 0.4) is 0 Å². The molecule has 1 unspecified atom stereocenters. The molecule has 0 rings (SSSR count). The maximum absolute atomic E-state index is 3.75. The first-order chi connectivity index (χ1) is 4.35. The zero-order valence-electron chi connectivity index (χ0n) is 6.56. The zero-order valence-corrected chi connectivity index (χ0v) is 6.56. The van der Waals surface area contributed by atoms with Crippen LogP contribution in [0.4, 0.5) is 0 Å². The van der Waals surface area contributed by atoms with Gasteiger partial charge >= 0.3 is 0 Å². The van der Waals surface area contributed by atoms with Crippen LogP contribution >= 0.6 is 0 Å². The first kappa shape index (κ1) is 8.74. The van der Waals surface area contributed by atoms with Crippen LogP contribution in [-0.2, 0) is 0 Å². The Bertz CT molecular complexity index is 64.4. The van der Waals surface area contributed by atoms with Crippen molar-refractivity contribution in [1.29, 1.82) is 0 Å². The van der Waals surface area contributed by atoms with Crippen LogP contribution in [0.15, 0.2) is 12.7 Å². The third-order valence-electron chi connectivity index (χ3n) is 1.62. The summed E-state index contributed by atoms with van der Waals surface area (Å²) in [6, 6.07) is 0. The molecule has 0 aliphatic heterocycles. The second-order valence-electron chi connectivity index (χ2n) is 2.38. The molecule has 0 aliphatic rings. The highest BCUT2D eigenvalue weighted by Crippen LogP contribution is 2.11. The van der Waals surface area contributed by atoms with Crippen LogP contribution in [0.1, 0.15) is 33.1 Å². The fourth-order valence-corrected chi connectivity index (χ4v) is 0.860. The Labute approximate surface area is 59.0 Å². The highest BCUT2D eigenvalue weighted by molar-refractivity contribution is 4.86. The maximum atomic E-state index is 3.75. The van der Waals surface area contributed by atoms with Crippen LogP contribution < -0.4 is 0 Å². The summed E-state index contributed by atoms with van der Waals surface area (Å²) in [6.07, 6.45) is 8.12. The van der Waals surface area contributed by atoms with E-state index in [1.807, 2.05) is 6.08 Å². The van der Waals surface area contributed by atoms with Gasteiger partial charge in [0.1, 0.15) is 0 Å². The third-order valence-corrected chi connectivity index (χ3v) is 1.62. The van der Waals surface area contributed by atoms with E-state index in [0.29, 0.717) is 5.92 Å². The van der Waals surface area contributed by atoms with E-state index in [-0.39, 0.29) is 0 Å². The molecule has 0 fully saturated rings. The quantitative estimate of drug-likeness (QED) is 0.495. The van der Waals surface area contributed by atoms with E-state index < -0.39 is 0 Å². The monoisotopic (exact) mass is 125 g/mol. The molecule has 0 bridgehead atoms. The van der Waals surface area contributed by atoms with Gasteiger partial charge < -0.3 is 0 Å². The van der Waals surface area contributed by atoms with Crippen LogP contribution in [0.2, 0.25) is 0 Å². The lowest BCUT2D eigenvalue weighted by molar-refractivity contribution is 0.614. The third kappa shape index (κ3) is 4.26. The summed E-state index contributed by atoms with van der Waals surface area (Å²) in [5, 5.41) is 0. The van der Waals surface area contributed by atoms with E-state index in [4.69, 9.17) is 0 Å². The molecule has 0 aliphatic carbocycles. The van der Waals surface area contributed by atoms with Crippen molar-refractivity contribution in [3.8, 4) is 0 Å². The molecular weight excluding hydrogens is 108 g/mol. The molecule has 0 N–H and O–H groups in total. The van der Waals surface area contributed by atoms with Crippen molar-refractivity contribution in [3.05, 3.63) is 19.1 Å². The number of allylic oxidation sites excluding steroid dienone is 1. The molecule has 9 heavy (non-hydrogen) atoms. The van der Waals surface area contributed by atoms with Crippen LogP contribution in [0.25, 0.3) is 0 Å². The zero-order chi connectivity index (χ0) is 7.11. The van der Waals surface area contributed by atoms with E-state index in [2.05, 4.69) is 26.8 Å². The number of rotatable bonds is 5. The highest BCUT2D eigenvalue weighted by Gasteiger charge is 1.97. The first-order valence-electron chi connectivity index (χ1n) is 3.77. The maximum Gasteiger partial charge on any atom is -0.0208 e. The van der Waals surface area contributed by atoms with Gasteiger partial charge in [0.05, 0.1) is 0 Å². The van der Waals surface area contributed by atoms with Gasteiger partial charge in [-0.3, -0.25) is 0 Å². The van der Waals surface area contributed by atoms with Crippen LogP contribution in [-0.4, -0.2) is 0 Å². The van der Waals surface area contributed by atoms with E-state index in [1.165, 1.54) is 19.3 Å². The summed E-state index contributed by atoms with van der Waals surface area (Å²) in [4.78, 5) is 0. The molecule has 0 aromatic carbocycles. The summed E-state index contributed by atoms with van der Waals surface area (Å²) >= 11 is 0. The Morgan fingerprint density at radius 2 is 2.22 bits per heavy atom. The Balaban J connectivity index is 3.20. The van der Waals surface area contributed by atoms with Crippen molar-refractivity contribution < 1.29 is 0 Å². The van der Waals surface area contributed by atoms with E-state index >= 15 is 0 Å². The normalized spacial score (nSPS) is 13.1. The van der Waals surface area contributed by atoms with Gasteiger partial charge in [0.2, 0.25) is 0 Å². The van der Waals surface area contributed by atoms with Crippen molar-refractivity contribution in [2.45, 2.75) is 33.1 Å². The summed E-state index contributed by atoms with van der Waals surface area (Å²) < 4.78 is 0. The minimum absolute atomic E-state index is 0.643. The average Bonchev–Trinajstić information content (AvgIpc) is 1.91. The Kier molecular flexibility index (Phi) is 5.70. The Morgan fingerprint density at radius 3 is 2.56 bits per heavy atom. The van der Waals surface area contributed by atoms with Gasteiger partial charge in [-0.1, -0.05) is 32.8 Å². The summed E-state index contributed by atoms with van der Waals surface area (Å²) in [5.41, 5.74) is 0. The van der Waals surface area contributed by atoms with E-state index in [0.717, 1.165) is 0 Å². The van der Waals surface area contributed by atoms with Gasteiger partial charge in [-0.15, -0.1) is 6.58 Å². The largest absolute Gasteiger partial charge is 0.103 e. The molecule has 0 saturated carbocycles. The Hall–Kier alpha value is -0.260. The second kappa shape index (κ2) is 5.87. The fraction of sp³-hybridized carbons (Fsp3) is 0.667. The van der Waals surface area contributed by atoms with Crippen LogP contribution in [0.5, 0.6) is 0 Å². The first-order valence-corrected chi connectivity index (χ1v) is 3.77. The standard InChI is InChI=1S/C9H17/c1-4-7-8-9(5-2)6-3/h5-6,9H,2,4,7-8H2,1,3H3. The smallest absolute Gasteiger partial charge is 0.0208 e. The number of unbranched alkanes of at least 4 members (excludes halogenated alkanes) is 1. The van der Waals surface area contributed by atoms with E-state index in [9.17, 15) is 0 Å². The van der Waals surface area contributed by atoms with Gasteiger partial charge in [0.15, 0.2) is 0 Å². The second-order valence-corrected chi connectivity index (χ2v) is 2.38. The lowest BCUT2D eigenvalue weighted by Crippen LogP contribution is -1.93. The highest BCUT2D eigenvalue weighted by atomic mass is 14.0. The molecule has 1 radical (unpaired) electrons. The number of hydrogen-bond acceptors (Lipinski definition) is 0. The van der Waals surface area contributed by atoms with Gasteiger partial charge in [0.25, 0.3) is 0 Å². The van der Waals surface area contributed by atoms with Crippen molar-refractivity contribution in [1.82, 2.24) is 0 Å². The summed E-state index contributed by atoms with van der Waals surface area (Å²) in [6.45, 7) is 8.07. The molecule has 53 valence electrons. The SMILES string of the molecule is C=CC([CH]C)CCCC. The lowest BCUT2D eigenvalue weighted by Gasteiger charge is -2.06. The molecule has 1 atom stereocenters. The molecule has 0 aromatic rings. The van der Waals surface area contributed by atoms with Gasteiger partial charge in [-0.2, -0.15) is 0 Å². The molecule has 0 amide bonds. The van der Waals surface area contributed by atoms with Gasteiger partial charge in [-0.05, 0) is 18.8 Å².